The van der Waals surface area contributed by atoms with Gasteiger partial charge in [-0.2, -0.15) is 0 Å². The van der Waals surface area contributed by atoms with Gasteiger partial charge in [0.1, 0.15) is 24.5 Å². The summed E-state index contributed by atoms with van der Waals surface area (Å²) in [6.45, 7) is 6.52. The Morgan fingerprint density at radius 3 is 2.47 bits per heavy atom. The number of fused-ring (bicyclic) bond motifs is 1. The summed E-state index contributed by atoms with van der Waals surface area (Å²) in [5.41, 5.74) is 3.93. The van der Waals surface area contributed by atoms with Crippen LogP contribution in [0.2, 0.25) is 0 Å². The van der Waals surface area contributed by atoms with Crippen molar-refractivity contribution in [3.05, 3.63) is 59.4 Å². The van der Waals surface area contributed by atoms with E-state index in [2.05, 4.69) is 19.9 Å². The number of furan rings is 1. The SMILES string of the molecule is Cc1cc2occ(CC(=O)OCCOc3ccc(S(N)(=O)=O)cc3)c2cc1C(C)C. The molecule has 0 fully saturated rings. The van der Waals surface area contributed by atoms with Crippen LogP contribution in [0.4, 0.5) is 0 Å². The summed E-state index contributed by atoms with van der Waals surface area (Å²) in [5.74, 6) is 0.452. The summed E-state index contributed by atoms with van der Waals surface area (Å²) in [4.78, 5) is 12.2. The molecule has 1 heterocycles. The number of carbonyl (C=O) groups excluding carboxylic acids is 1. The highest BCUT2D eigenvalue weighted by atomic mass is 32.2. The average Bonchev–Trinajstić information content (AvgIpc) is 3.05. The first-order valence-electron chi connectivity index (χ1n) is 9.57. The normalized spacial score (nSPS) is 11.8. The van der Waals surface area contributed by atoms with E-state index in [0.717, 1.165) is 22.1 Å². The van der Waals surface area contributed by atoms with E-state index in [0.29, 0.717) is 11.7 Å². The van der Waals surface area contributed by atoms with Crippen LogP contribution < -0.4 is 9.88 Å². The summed E-state index contributed by atoms with van der Waals surface area (Å²) >= 11 is 0. The van der Waals surface area contributed by atoms with Crippen molar-refractivity contribution in [2.45, 2.75) is 38.0 Å². The standard InChI is InChI=1S/C22H25NO6S/c1-14(2)19-12-20-16(13-29-21(20)10-15(19)3)11-22(24)28-9-8-27-17-4-6-18(7-5-17)30(23,25)26/h4-7,10,12-14H,8-9,11H2,1-3H3,(H2,23,25,26). The van der Waals surface area contributed by atoms with Crippen LogP contribution >= 0.6 is 0 Å². The van der Waals surface area contributed by atoms with Crippen molar-refractivity contribution in [1.29, 1.82) is 0 Å². The van der Waals surface area contributed by atoms with Gasteiger partial charge in [0.25, 0.3) is 0 Å². The Balaban J connectivity index is 1.53. The fraction of sp³-hybridized carbons (Fsp3) is 0.318. The van der Waals surface area contributed by atoms with E-state index >= 15 is 0 Å². The molecule has 0 aliphatic rings. The number of esters is 1. The second-order valence-corrected chi connectivity index (χ2v) is 8.94. The largest absolute Gasteiger partial charge is 0.490 e. The van der Waals surface area contributed by atoms with Crippen molar-refractivity contribution in [3.63, 3.8) is 0 Å². The number of carbonyl (C=O) groups is 1. The molecule has 3 rings (SSSR count). The molecule has 0 unspecified atom stereocenters. The van der Waals surface area contributed by atoms with Crippen molar-refractivity contribution in [1.82, 2.24) is 0 Å². The number of aryl methyl sites for hydroxylation is 1. The molecule has 0 atom stereocenters. The van der Waals surface area contributed by atoms with Gasteiger partial charge in [-0.25, -0.2) is 13.6 Å². The molecule has 160 valence electrons. The van der Waals surface area contributed by atoms with Crippen LogP contribution in [0.3, 0.4) is 0 Å². The molecular formula is C22H25NO6S. The lowest BCUT2D eigenvalue weighted by Gasteiger charge is -2.10. The minimum Gasteiger partial charge on any atom is -0.490 e. The maximum atomic E-state index is 12.2. The molecule has 3 aromatic rings. The van der Waals surface area contributed by atoms with Gasteiger partial charge in [-0.3, -0.25) is 4.79 Å². The molecule has 2 aromatic carbocycles. The number of hydrogen-bond acceptors (Lipinski definition) is 6. The first-order chi connectivity index (χ1) is 14.1. The Kier molecular flexibility index (Phi) is 6.48. The fourth-order valence-corrected chi connectivity index (χ4v) is 3.77. The molecule has 2 N–H and O–H groups in total. The third-order valence-corrected chi connectivity index (χ3v) is 5.70. The van der Waals surface area contributed by atoms with Crippen LogP contribution in [-0.2, 0) is 26.0 Å². The van der Waals surface area contributed by atoms with Crippen LogP contribution in [0, 0.1) is 6.92 Å². The topological polar surface area (TPSA) is 109 Å². The number of nitrogens with two attached hydrogens (primary N) is 1. The zero-order chi connectivity index (χ0) is 21.9. The van der Waals surface area contributed by atoms with Crippen LogP contribution in [0.25, 0.3) is 11.0 Å². The van der Waals surface area contributed by atoms with Gasteiger partial charge in [-0.15, -0.1) is 0 Å². The summed E-state index contributed by atoms with van der Waals surface area (Å²) in [5, 5.41) is 5.97. The van der Waals surface area contributed by atoms with Crippen molar-refractivity contribution in [2.24, 2.45) is 5.14 Å². The maximum Gasteiger partial charge on any atom is 0.310 e. The molecule has 0 aliphatic heterocycles. The smallest absolute Gasteiger partial charge is 0.310 e. The van der Waals surface area contributed by atoms with Gasteiger partial charge < -0.3 is 13.9 Å². The molecule has 0 radical (unpaired) electrons. The highest BCUT2D eigenvalue weighted by molar-refractivity contribution is 7.89. The lowest BCUT2D eigenvalue weighted by molar-refractivity contribution is -0.143. The van der Waals surface area contributed by atoms with Gasteiger partial charge in [-0.1, -0.05) is 13.8 Å². The lowest BCUT2D eigenvalue weighted by Crippen LogP contribution is -2.14. The van der Waals surface area contributed by atoms with E-state index in [9.17, 15) is 13.2 Å². The summed E-state index contributed by atoms with van der Waals surface area (Å²) in [6, 6.07) is 9.77. The first-order valence-corrected chi connectivity index (χ1v) is 11.1. The van der Waals surface area contributed by atoms with Gasteiger partial charge in [-0.05, 0) is 60.4 Å². The Morgan fingerprint density at radius 2 is 1.83 bits per heavy atom. The molecular weight excluding hydrogens is 406 g/mol. The van der Waals surface area contributed by atoms with Crippen molar-refractivity contribution in [3.8, 4) is 5.75 Å². The van der Waals surface area contributed by atoms with Crippen LogP contribution in [0.1, 0.15) is 36.5 Å². The fourth-order valence-electron chi connectivity index (χ4n) is 3.25. The summed E-state index contributed by atoms with van der Waals surface area (Å²) in [6.07, 6.45) is 1.70. The van der Waals surface area contributed by atoms with Crippen molar-refractivity contribution in [2.75, 3.05) is 13.2 Å². The summed E-state index contributed by atoms with van der Waals surface area (Å²) < 4.78 is 38.8. The third-order valence-electron chi connectivity index (χ3n) is 4.77. The van der Waals surface area contributed by atoms with Gasteiger partial charge in [0.2, 0.25) is 10.0 Å². The first kappa shape index (κ1) is 21.9. The van der Waals surface area contributed by atoms with E-state index in [4.69, 9.17) is 19.0 Å². The Labute approximate surface area is 175 Å². The number of ether oxygens (including phenoxy) is 2. The molecule has 0 spiro atoms. The molecule has 0 bridgehead atoms. The van der Waals surface area contributed by atoms with E-state index in [-0.39, 0.29) is 30.5 Å². The monoisotopic (exact) mass is 431 g/mol. The van der Waals surface area contributed by atoms with Crippen molar-refractivity contribution >= 4 is 27.0 Å². The number of rotatable bonds is 8. The van der Waals surface area contributed by atoms with Gasteiger partial charge in [0, 0.05) is 10.9 Å². The molecule has 0 amide bonds. The second kappa shape index (κ2) is 8.89. The summed E-state index contributed by atoms with van der Waals surface area (Å²) in [7, 11) is -3.74. The van der Waals surface area contributed by atoms with Crippen molar-refractivity contribution < 1.29 is 27.1 Å². The maximum absolute atomic E-state index is 12.2. The predicted octanol–water partition coefficient (Wildman–Crippen LogP) is 3.68. The minimum atomic E-state index is -3.74. The van der Waals surface area contributed by atoms with Crippen LogP contribution in [-0.4, -0.2) is 27.6 Å². The molecule has 0 aliphatic carbocycles. The Morgan fingerprint density at radius 1 is 1.13 bits per heavy atom. The number of primary sulfonamides is 1. The highest BCUT2D eigenvalue weighted by Gasteiger charge is 2.15. The van der Waals surface area contributed by atoms with Gasteiger partial charge >= 0.3 is 5.97 Å². The minimum absolute atomic E-state index is 0.00411. The van der Waals surface area contributed by atoms with Gasteiger partial charge in [0.05, 0.1) is 17.6 Å². The van der Waals surface area contributed by atoms with E-state index in [1.54, 1.807) is 6.26 Å². The number of hydrogen-bond donors (Lipinski definition) is 1. The lowest BCUT2D eigenvalue weighted by atomic mass is 9.95. The zero-order valence-corrected chi connectivity index (χ0v) is 18.0. The predicted molar refractivity (Wildman–Crippen MR) is 113 cm³/mol. The molecule has 30 heavy (non-hydrogen) atoms. The highest BCUT2D eigenvalue weighted by Crippen LogP contribution is 2.29. The molecule has 1 aromatic heterocycles. The van der Waals surface area contributed by atoms with Crippen LogP contribution in [0.15, 0.2) is 52.0 Å². The Hall–Kier alpha value is -2.84. The third kappa shape index (κ3) is 5.20. The zero-order valence-electron chi connectivity index (χ0n) is 17.2. The number of sulfonamides is 1. The van der Waals surface area contributed by atoms with E-state index in [1.807, 2.05) is 13.0 Å². The van der Waals surface area contributed by atoms with Crippen LogP contribution in [0.5, 0.6) is 5.75 Å². The van der Waals surface area contributed by atoms with Gasteiger partial charge in [0.15, 0.2) is 0 Å². The van der Waals surface area contributed by atoms with E-state index in [1.165, 1.54) is 29.8 Å². The number of benzene rings is 2. The van der Waals surface area contributed by atoms with E-state index < -0.39 is 10.0 Å². The molecule has 8 heteroatoms. The second-order valence-electron chi connectivity index (χ2n) is 7.38. The quantitative estimate of drug-likeness (QED) is 0.430. The molecule has 0 saturated heterocycles. The Bertz CT molecular complexity index is 1150. The molecule has 7 nitrogen and oxygen atoms in total. The average molecular weight is 432 g/mol. The molecule has 0 saturated carbocycles.